The van der Waals surface area contributed by atoms with Gasteiger partial charge in [-0.15, -0.1) is 0 Å². The Kier molecular flexibility index (Phi) is 6.14. The van der Waals surface area contributed by atoms with E-state index in [0.29, 0.717) is 36.1 Å². The number of carbonyl (C=O) groups is 2. The van der Waals surface area contributed by atoms with E-state index in [9.17, 15) is 24.8 Å². The van der Waals surface area contributed by atoms with Gasteiger partial charge in [-0.2, -0.15) is 0 Å². The van der Waals surface area contributed by atoms with Gasteiger partial charge < -0.3 is 19.3 Å². The number of nitrogens with zero attached hydrogens (tertiary/aromatic N) is 2. The lowest BCUT2D eigenvalue weighted by Crippen LogP contribution is -2.40. The van der Waals surface area contributed by atoms with Crippen molar-refractivity contribution in [3.63, 3.8) is 0 Å². The second-order valence-electron chi connectivity index (χ2n) is 8.01. The molecule has 0 bridgehead atoms. The molecule has 0 saturated carbocycles. The molecule has 10 heteroatoms. The average Bonchev–Trinajstić information content (AvgIpc) is 2.83. The lowest BCUT2D eigenvalue weighted by molar-refractivity contribution is -0.384. The number of benzene rings is 2. The molecular formula is C24H24N2O8. The SMILES string of the molecule is COc1ccc(N2C(=O)CC(c3cc(OC)c(O)c(OC)c3)C3=C2CCCC3=O)c([N+](=O)[O-])c1. The van der Waals surface area contributed by atoms with Crippen LogP contribution in [0.5, 0.6) is 23.0 Å². The smallest absolute Gasteiger partial charge is 0.297 e. The Balaban J connectivity index is 1.91. The lowest BCUT2D eigenvalue weighted by atomic mass is 9.77. The molecule has 2 aromatic rings. The fourth-order valence-corrected chi connectivity index (χ4v) is 4.64. The van der Waals surface area contributed by atoms with E-state index in [1.165, 1.54) is 38.4 Å². The Morgan fingerprint density at radius 2 is 1.71 bits per heavy atom. The summed E-state index contributed by atoms with van der Waals surface area (Å²) in [6, 6.07) is 7.42. The predicted octanol–water partition coefficient (Wildman–Crippen LogP) is 3.85. The van der Waals surface area contributed by atoms with Crippen LogP contribution < -0.4 is 19.1 Å². The number of aromatic hydroxyl groups is 1. The highest BCUT2D eigenvalue weighted by Gasteiger charge is 2.42. The van der Waals surface area contributed by atoms with Crippen LogP contribution in [0.2, 0.25) is 0 Å². The molecule has 0 fully saturated rings. The summed E-state index contributed by atoms with van der Waals surface area (Å²) in [5.74, 6) is -0.692. The minimum absolute atomic E-state index is 0.0924. The minimum Gasteiger partial charge on any atom is -0.502 e. The standard InChI is InChI=1S/C24H24N2O8/c1-32-14-7-8-16(18(11-14)26(30)31)25-17-5-4-6-19(27)23(17)15(12-22(25)28)13-9-20(33-2)24(29)21(10-13)34-3/h7-11,15,29H,4-6,12H2,1-3H3. The maximum atomic E-state index is 13.5. The topological polar surface area (TPSA) is 128 Å². The number of rotatable bonds is 6. The van der Waals surface area contributed by atoms with Crippen LogP contribution in [0, 0.1) is 10.1 Å². The van der Waals surface area contributed by atoms with Gasteiger partial charge in [0, 0.05) is 30.0 Å². The zero-order valence-corrected chi connectivity index (χ0v) is 19.0. The summed E-state index contributed by atoms with van der Waals surface area (Å²) in [7, 11) is 4.19. The summed E-state index contributed by atoms with van der Waals surface area (Å²) in [5.41, 5.74) is 1.27. The van der Waals surface area contributed by atoms with Gasteiger partial charge in [-0.1, -0.05) is 0 Å². The molecule has 10 nitrogen and oxygen atoms in total. The van der Waals surface area contributed by atoms with Crippen molar-refractivity contribution >= 4 is 23.1 Å². The Hall–Kier alpha value is -4.08. The van der Waals surface area contributed by atoms with E-state index in [4.69, 9.17) is 14.2 Å². The molecule has 2 aromatic carbocycles. The summed E-state index contributed by atoms with van der Waals surface area (Å²) >= 11 is 0. The molecule has 1 amide bonds. The number of phenolic OH excluding ortho intramolecular Hbond substituents is 1. The van der Waals surface area contributed by atoms with Gasteiger partial charge in [0.2, 0.25) is 11.7 Å². The van der Waals surface area contributed by atoms with E-state index >= 15 is 0 Å². The van der Waals surface area contributed by atoms with Gasteiger partial charge >= 0.3 is 0 Å². The first-order chi connectivity index (χ1) is 16.3. The van der Waals surface area contributed by atoms with Crippen molar-refractivity contribution < 1.29 is 33.8 Å². The Morgan fingerprint density at radius 3 is 2.29 bits per heavy atom. The summed E-state index contributed by atoms with van der Waals surface area (Å²) < 4.78 is 15.6. The first-order valence-electron chi connectivity index (χ1n) is 10.7. The minimum atomic E-state index is -0.604. The fourth-order valence-electron chi connectivity index (χ4n) is 4.64. The number of amides is 1. The second kappa shape index (κ2) is 9.05. The Labute approximate surface area is 195 Å². The molecule has 0 radical (unpaired) electrons. The van der Waals surface area contributed by atoms with Crippen molar-refractivity contribution in [1.82, 2.24) is 0 Å². The third-order valence-corrected chi connectivity index (χ3v) is 6.20. The number of nitro groups is 1. The van der Waals surface area contributed by atoms with Crippen molar-refractivity contribution in [2.45, 2.75) is 31.6 Å². The molecule has 1 heterocycles. The van der Waals surface area contributed by atoms with Crippen LogP contribution in [0.4, 0.5) is 11.4 Å². The number of methoxy groups -OCH3 is 3. The largest absolute Gasteiger partial charge is 0.502 e. The molecule has 0 saturated heterocycles. The molecule has 0 spiro atoms. The number of anilines is 1. The Morgan fingerprint density at radius 1 is 1.03 bits per heavy atom. The number of carbonyl (C=O) groups excluding carboxylic acids is 2. The number of phenols is 1. The van der Waals surface area contributed by atoms with Crippen LogP contribution >= 0.6 is 0 Å². The molecule has 1 atom stereocenters. The predicted molar refractivity (Wildman–Crippen MR) is 122 cm³/mol. The van der Waals surface area contributed by atoms with Gasteiger partial charge in [0.15, 0.2) is 17.3 Å². The summed E-state index contributed by atoms with van der Waals surface area (Å²) in [6.45, 7) is 0. The average molecular weight is 468 g/mol. The van der Waals surface area contributed by atoms with Crippen molar-refractivity contribution in [1.29, 1.82) is 0 Å². The van der Waals surface area contributed by atoms with Crippen LogP contribution in [0.25, 0.3) is 0 Å². The van der Waals surface area contributed by atoms with Crippen molar-refractivity contribution in [3.05, 3.63) is 57.3 Å². The van der Waals surface area contributed by atoms with Gasteiger partial charge in [0.1, 0.15) is 11.4 Å². The number of hydrogen-bond donors (Lipinski definition) is 1. The van der Waals surface area contributed by atoms with Crippen LogP contribution in [0.3, 0.4) is 0 Å². The van der Waals surface area contributed by atoms with E-state index in [0.717, 1.165) is 0 Å². The van der Waals surface area contributed by atoms with Gasteiger partial charge in [0.05, 0.1) is 32.3 Å². The zero-order valence-electron chi connectivity index (χ0n) is 19.0. The number of nitro benzene ring substituents is 1. The number of allylic oxidation sites excluding steroid dienone is 2. The zero-order chi connectivity index (χ0) is 24.6. The molecule has 4 rings (SSSR count). The lowest BCUT2D eigenvalue weighted by Gasteiger charge is -2.38. The van der Waals surface area contributed by atoms with Crippen molar-refractivity contribution in [2.24, 2.45) is 0 Å². The summed E-state index contributed by atoms with van der Waals surface area (Å²) in [4.78, 5) is 39.1. The highest BCUT2D eigenvalue weighted by Crippen LogP contribution is 2.48. The van der Waals surface area contributed by atoms with Gasteiger partial charge in [-0.05, 0) is 42.7 Å². The molecule has 2 aliphatic rings. The maximum Gasteiger partial charge on any atom is 0.297 e. The number of Topliss-reactive ketones (excluding diaryl/α,β-unsaturated/α-hetero) is 1. The summed E-state index contributed by atoms with van der Waals surface area (Å²) in [6.07, 6.45) is 1.17. The molecule has 34 heavy (non-hydrogen) atoms. The highest BCUT2D eigenvalue weighted by molar-refractivity contribution is 6.08. The van der Waals surface area contributed by atoms with E-state index in [1.807, 2.05) is 0 Å². The molecular weight excluding hydrogens is 444 g/mol. The third-order valence-electron chi connectivity index (χ3n) is 6.20. The molecule has 1 unspecified atom stereocenters. The summed E-state index contributed by atoms with van der Waals surface area (Å²) in [5, 5.41) is 22.1. The van der Waals surface area contributed by atoms with Crippen molar-refractivity contribution in [2.75, 3.05) is 26.2 Å². The highest BCUT2D eigenvalue weighted by atomic mass is 16.6. The van der Waals surface area contributed by atoms with Crippen LogP contribution in [0.1, 0.15) is 37.2 Å². The second-order valence-corrected chi connectivity index (χ2v) is 8.01. The third kappa shape index (κ3) is 3.81. The first-order valence-corrected chi connectivity index (χ1v) is 10.7. The van der Waals surface area contributed by atoms with Crippen LogP contribution in [-0.2, 0) is 9.59 Å². The van der Waals surface area contributed by atoms with Gasteiger partial charge in [-0.3, -0.25) is 24.6 Å². The molecule has 0 aromatic heterocycles. The van der Waals surface area contributed by atoms with E-state index in [-0.39, 0.29) is 52.5 Å². The quantitative estimate of drug-likeness (QED) is 0.500. The number of ether oxygens (including phenoxy) is 3. The monoisotopic (exact) mass is 468 g/mol. The maximum absolute atomic E-state index is 13.5. The van der Waals surface area contributed by atoms with Crippen molar-refractivity contribution in [3.8, 4) is 23.0 Å². The van der Waals surface area contributed by atoms with E-state index < -0.39 is 10.8 Å². The molecule has 1 aliphatic carbocycles. The van der Waals surface area contributed by atoms with E-state index in [2.05, 4.69) is 0 Å². The van der Waals surface area contributed by atoms with E-state index in [1.54, 1.807) is 18.2 Å². The molecule has 178 valence electrons. The first kappa shape index (κ1) is 23.1. The number of hydrogen-bond acceptors (Lipinski definition) is 8. The number of ketones is 1. The van der Waals surface area contributed by atoms with Gasteiger partial charge in [-0.25, -0.2) is 0 Å². The van der Waals surface area contributed by atoms with Gasteiger partial charge in [0.25, 0.3) is 5.69 Å². The fraction of sp³-hybridized carbons (Fsp3) is 0.333. The van der Waals surface area contributed by atoms with Crippen LogP contribution in [-0.4, -0.2) is 43.0 Å². The normalized spacial score (nSPS) is 18.0. The van der Waals surface area contributed by atoms with Crippen LogP contribution in [0.15, 0.2) is 41.6 Å². The Bertz CT molecular complexity index is 1190. The molecule has 1 aliphatic heterocycles. The molecule has 1 N–H and O–H groups in total.